The van der Waals surface area contributed by atoms with Gasteiger partial charge in [0.2, 0.25) is 5.91 Å². The van der Waals surface area contributed by atoms with E-state index in [-0.39, 0.29) is 11.7 Å². The zero-order valence-electron chi connectivity index (χ0n) is 15.1. The van der Waals surface area contributed by atoms with Gasteiger partial charge in [-0.05, 0) is 18.1 Å². The molecule has 0 spiro atoms. The Balaban J connectivity index is 2.12. The molecule has 7 nitrogen and oxygen atoms in total. The lowest BCUT2D eigenvalue weighted by Crippen LogP contribution is -2.54. The average molecular weight is 360 g/mol. The van der Waals surface area contributed by atoms with Crippen LogP contribution in [0.15, 0.2) is 54.6 Å². The summed E-state index contributed by atoms with van der Waals surface area (Å²) >= 11 is 0. The van der Waals surface area contributed by atoms with Gasteiger partial charge in [0.25, 0.3) is 0 Å². The number of nitrogens with two attached hydrogens (primary N) is 2. The number of aromatic nitrogens is 4. The molecule has 0 unspecified atom stereocenters. The van der Waals surface area contributed by atoms with E-state index < -0.39 is 11.4 Å². The van der Waals surface area contributed by atoms with E-state index in [1.807, 2.05) is 68.4 Å². The number of nitrogens with zero attached hydrogens (tertiary/aromatic N) is 4. The monoisotopic (exact) mass is 360 g/mol. The van der Waals surface area contributed by atoms with Gasteiger partial charge in [0, 0.05) is 10.9 Å². The Morgan fingerprint density at radius 1 is 1.04 bits per heavy atom. The molecule has 0 saturated heterocycles. The molecule has 0 saturated carbocycles. The third-order valence-corrected chi connectivity index (χ3v) is 4.90. The summed E-state index contributed by atoms with van der Waals surface area (Å²) in [5.74, 6) is -0.117. The summed E-state index contributed by atoms with van der Waals surface area (Å²) in [5.41, 5.74) is 12.8. The number of para-hydroxylation sites is 1. The fraction of sp³-hybridized carbons (Fsp3) is 0.200. The Labute approximate surface area is 156 Å². The molecule has 4 rings (SSSR count). The zero-order valence-corrected chi connectivity index (χ0v) is 15.1. The number of hydrogen-bond donors (Lipinski definition) is 2. The molecule has 0 aliphatic carbocycles. The van der Waals surface area contributed by atoms with Crippen LogP contribution in [0.25, 0.3) is 27.9 Å². The number of carbonyl (C=O) groups excluding carboxylic acids is 1. The first kappa shape index (κ1) is 17.1. The normalized spacial score (nSPS) is 13.9. The van der Waals surface area contributed by atoms with Gasteiger partial charge in [-0.2, -0.15) is 4.52 Å². The minimum atomic E-state index is -1.48. The number of fused-ring (bicyclic) bond motifs is 3. The second-order valence-electron chi connectivity index (χ2n) is 6.88. The number of hydrogen-bond acceptors (Lipinski definition) is 5. The predicted octanol–water partition coefficient (Wildman–Crippen LogP) is 2.24. The Kier molecular flexibility index (Phi) is 3.89. The fourth-order valence-corrected chi connectivity index (χ4v) is 3.19. The third kappa shape index (κ3) is 2.55. The Bertz CT molecular complexity index is 1150. The van der Waals surface area contributed by atoms with Gasteiger partial charge in [-0.25, -0.2) is 9.97 Å². The molecule has 0 radical (unpaired) electrons. The van der Waals surface area contributed by atoms with E-state index in [1.54, 1.807) is 4.52 Å². The topological polar surface area (TPSA) is 112 Å². The van der Waals surface area contributed by atoms with Crippen LogP contribution in [0.2, 0.25) is 0 Å². The molecule has 2 heterocycles. The van der Waals surface area contributed by atoms with Gasteiger partial charge >= 0.3 is 0 Å². The highest BCUT2D eigenvalue weighted by Crippen LogP contribution is 2.30. The molecule has 0 aliphatic heterocycles. The first-order valence-corrected chi connectivity index (χ1v) is 8.73. The number of benzene rings is 2. The molecule has 4 aromatic rings. The van der Waals surface area contributed by atoms with Crippen LogP contribution in [0, 0.1) is 5.92 Å². The smallest absolute Gasteiger partial charge is 0.245 e. The molecule has 2 aromatic carbocycles. The van der Waals surface area contributed by atoms with Gasteiger partial charge in [0.1, 0.15) is 0 Å². The van der Waals surface area contributed by atoms with Crippen LogP contribution >= 0.6 is 0 Å². The van der Waals surface area contributed by atoms with Crippen LogP contribution in [0.1, 0.15) is 19.7 Å². The molecule has 7 heteroatoms. The summed E-state index contributed by atoms with van der Waals surface area (Å²) < 4.78 is 1.55. The molecule has 0 aliphatic rings. The molecule has 0 bridgehead atoms. The second kappa shape index (κ2) is 6.14. The van der Waals surface area contributed by atoms with Gasteiger partial charge in [-0.3, -0.25) is 4.79 Å². The van der Waals surface area contributed by atoms with E-state index in [4.69, 9.17) is 16.5 Å². The van der Waals surface area contributed by atoms with Gasteiger partial charge in [-0.15, -0.1) is 5.10 Å². The van der Waals surface area contributed by atoms with Gasteiger partial charge < -0.3 is 11.5 Å². The largest absolute Gasteiger partial charge is 0.368 e. The van der Waals surface area contributed by atoms with Crippen molar-refractivity contribution < 1.29 is 4.79 Å². The van der Waals surface area contributed by atoms with Gasteiger partial charge in [-0.1, -0.05) is 56.3 Å². The van der Waals surface area contributed by atoms with E-state index in [9.17, 15) is 4.79 Å². The fourth-order valence-electron chi connectivity index (χ4n) is 3.19. The third-order valence-electron chi connectivity index (χ3n) is 4.90. The van der Waals surface area contributed by atoms with Crippen molar-refractivity contribution >= 4 is 22.5 Å². The molecule has 136 valence electrons. The highest BCUT2D eigenvalue weighted by molar-refractivity contribution is 5.93. The lowest BCUT2D eigenvalue weighted by Gasteiger charge is -2.29. The lowest BCUT2D eigenvalue weighted by molar-refractivity contribution is -0.125. The maximum atomic E-state index is 12.3. The van der Waals surface area contributed by atoms with Crippen LogP contribution in [0.3, 0.4) is 0 Å². The maximum Gasteiger partial charge on any atom is 0.245 e. The summed E-state index contributed by atoms with van der Waals surface area (Å²) in [7, 11) is 0. The van der Waals surface area contributed by atoms with Crippen molar-refractivity contribution in [1.29, 1.82) is 0 Å². The second-order valence-corrected chi connectivity index (χ2v) is 6.88. The maximum absolute atomic E-state index is 12.3. The summed E-state index contributed by atoms with van der Waals surface area (Å²) in [6.07, 6.45) is 0. The first-order valence-electron chi connectivity index (χ1n) is 8.73. The Morgan fingerprint density at radius 2 is 1.70 bits per heavy atom. The summed E-state index contributed by atoms with van der Waals surface area (Å²) in [6, 6.07) is 17.2. The lowest BCUT2D eigenvalue weighted by atomic mass is 9.85. The predicted molar refractivity (Wildman–Crippen MR) is 104 cm³/mol. The van der Waals surface area contributed by atoms with Crippen molar-refractivity contribution in [1.82, 2.24) is 19.6 Å². The van der Waals surface area contributed by atoms with Crippen LogP contribution in [-0.2, 0) is 10.3 Å². The van der Waals surface area contributed by atoms with Crippen LogP contribution < -0.4 is 11.5 Å². The van der Waals surface area contributed by atoms with Crippen molar-refractivity contribution in [2.75, 3.05) is 0 Å². The van der Waals surface area contributed by atoms with Gasteiger partial charge in [0.15, 0.2) is 22.8 Å². The minimum absolute atomic E-state index is 0.281. The van der Waals surface area contributed by atoms with E-state index in [2.05, 4.69) is 10.1 Å². The highest BCUT2D eigenvalue weighted by Gasteiger charge is 2.42. The molecule has 4 N–H and O–H groups in total. The molecular weight excluding hydrogens is 340 g/mol. The van der Waals surface area contributed by atoms with Crippen molar-refractivity contribution in [2.45, 2.75) is 19.4 Å². The summed E-state index contributed by atoms with van der Waals surface area (Å²) in [4.78, 5) is 21.7. The Morgan fingerprint density at radius 3 is 2.37 bits per heavy atom. The molecule has 27 heavy (non-hydrogen) atoms. The van der Waals surface area contributed by atoms with E-state index in [1.165, 1.54) is 0 Å². The van der Waals surface area contributed by atoms with E-state index in [0.717, 1.165) is 10.9 Å². The number of amides is 1. The van der Waals surface area contributed by atoms with E-state index >= 15 is 0 Å². The van der Waals surface area contributed by atoms with Crippen LogP contribution in [0.5, 0.6) is 0 Å². The average Bonchev–Trinajstić information content (AvgIpc) is 3.12. The highest BCUT2D eigenvalue weighted by atomic mass is 16.1. The minimum Gasteiger partial charge on any atom is -0.368 e. The molecule has 1 atom stereocenters. The van der Waals surface area contributed by atoms with Crippen LogP contribution in [0.4, 0.5) is 0 Å². The Hall–Kier alpha value is -3.32. The van der Waals surface area contributed by atoms with Crippen molar-refractivity contribution in [2.24, 2.45) is 17.4 Å². The SMILES string of the molecule is CC(C)[C@@](N)(C(N)=O)c1nc2ccccc2c2nc(-c3ccccc3)nn12. The molecule has 0 fully saturated rings. The van der Waals surface area contributed by atoms with Crippen LogP contribution in [-0.4, -0.2) is 25.5 Å². The van der Waals surface area contributed by atoms with Crippen molar-refractivity contribution in [3.8, 4) is 11.4 Å². The molecule has 1 amide bonds. The molecular formula is C20H20N6O. The standard InChI is InChI=1S/C20H20N6O/c1-12(2)20(22,18(21)27)19-23-15-11-7-6-10-14(15)17-24-16(25-26(17)19)13-8-4-3-5-9-13/h3-12H,22H2,1-2H3,(H2,21,27)/t20-/m1/s1. The van der Waals surface area contributed by atoms with Crippen molar-refractivity contribution in [3.63, 3.8) is 0 Å². The van der Waals surface area contributed by atoms with Gasteiger partial charge in [0.05, 0.1) is 5.52 Å². The zero-order chi connectivity index (χ0) is 19.2. The molecule has 2 aromatic heterocycles. The van der Waals surface area contributed by atoms with E-state index in [0.29, 0.717) is 17.0 Å². The van der Waals surface area contributed by atoms with Crippen molar-refractivity contribution in [3.05, 3.63) is 60.4 Å². The number of rotatable bonds is 4. The quantitative estimate of drug-likeness (QED) is 0.579. The number of primary amides is 1. The summed E-state index contributed by atoms with van der Waals surface area (Å²) in [6.45, 7) is 3.67. The first-order chi connectivity index (χ1) is 12.9. The number of carbonyl (C=O) groups is 1. The summed E-state index contributed by atoms with van der Waals surface area (Å²) in [5, 5.41) is 5.44.